The van der Waals surface area contributed by atoms with E-state index in [0.717, 1.165) is 13.2 Å². The van der Waals surface area contributed by atoms with Crippen LogP contribution in [0, 0.1) is 7.05 Å². The van der Waals surface area contributed by atoms with E-state index in [0.29, 0.717) is 6.73 Å². The largest absolute Gasteiger partial charge is 0.365 e. The minimum absolute atomic E-state index is 0.708. The summed E-state index contributed by atoms with van der Waals surface area (Å²) < 4.78 is 4.92. The van der Waals surface area contributed by atoms with E-state index >= 15 is 0 Å². The smallest absolute Gasteiger partial charge is 0.0992 e. The molecule has 1 saturated heterocycles. The Morgan fingerprint density at radius 1 is 1.67 bits per heavy atom. The summed E-state index contributed by atoms with van der Waals surface area (Å²) in [5.74, 6) is 0. The molecule has 1 rings (SSSR count). The van der Waals surface area contributed by atoms with E-state index in [1.54, 1.807) is 0 Å². The maximum absolute atomic E-state index is 4.92. The van der Waals surface area contributed by atoms with Gasteiger partial charge in [0.25, 0.3) is 0 Å². The maximum Gasteiger partial charge on any atom is 0.0992 e. The van der Waals surface area contributed by atoms with Gasteiger partial charge in [-0.25, -0.2) is 0 Å². The van der Waals surface area contributed by atoms with Gasteiger partial charge < -0.3 is 4.74 Å². The number of rotatable bonds is 0. The summed E-state index contributed by atoms with van der Waals surface area (Å²) in [7, 11) is 3.65. The van der Waals surface area contributed by atoms with Crippen LogP contribution in [-0.4, -0.2) is 24.8 Å². The van der Waals surface area contributed by atoms with E-state index in [-0.39, 0.29) is 0 Å². The first-order chi connectivity index (χ1) is 2.89. The van der Waals surface area contributed by atoms with Gasteiger partial charge in [0.2, 0.25) is 0 Å². The van der Waals surface area contributed by atoms with E-state index in [1.807, 2.05) is 4.90 Å². The Morgan fingerprint density at radius 3 is 2.67 bits per heavy atom. The Bertz CT molecular complexity index is 40.8. The van der Waals surface area contributed by atoms with Gasteiger partial charge in [-0.2, -0.15) is 0 Å². The lowest BCUT2D eigenvalue weighted by Gasteiger charge is -1.98. The Hall–Kier alpha value is -0.0800. The zero-order chi connectivity index (χ0) is 4.41. The highest BCUT2D eigenvalue weighted by atomic mass is 16.5. The number of nitrogens with zero attached hydrogens (tertiary/aromatic N) is 1. The first kappa shape index (κ1) is 4.09. The van der Waals surface area contributed by atoms with Gasteiger partial charge in [-0.15, -0.1) is 0 Å². The molecule has 1 heterocycles. The third-order valence-corrected chi connectivity index (χ3v) is 0.826. The average molecular weight is 86.1 g/mol. The summed E-state index contributed by atoms with van der Waals surface area (Å²) in [6.07, 6.45) is 0. The summed E-state index contributed by atoms with van der Waals surface area (Å²) in [6.45, 7) is 2.55. The molecule has 0 amide bonds. The Labute approximate surface area is 37.7 Å². The summed E-state index contributed by atoms with van der Waals surface area (Å²) in [4.78, 5) is 1.89. The molecule has 0 N–H and O–H groups in total. The molecule has 35 valence electrons. The predicted molar refractivity (Wildman–Crippen MR) is 22.9 cm³/mol. The van der Waals surface area contributed by atoms with Gasteiger partial charge in [0, 0.05) is 13.6 Å². The topological polar surface area (TPSA) is 12.5 Å². The molecule has 0 aliphatic carbocycles. The van der Waals surface area contributed by atoms with Crippen molar-refractivity contribution in [2.24, 2.45) is 0 Å². The average Bonchev–Trinajstić information content (AvgIpc) is 1.86. The number of ether oxygens (including phenoxy) is 1. The van der Waals surface area contributed by atoms with Crippen LogP contribution in [0.2, 0.25) is 0 Å². The van der Waals surface area contributed by atoms with Gasteiger partial charge in [-0.05, 0) is 0 Å². The van der Waals surface area contributed by atoms with E-state index in [9.17, 15) is 0 Å². The van der Waals surface area contributed by atoms with Crippen molar-refractivity contribution in [3.63, 3.8) is 0 Å². The molecular weight excluding hydrogens is 78.0 g/mol. The Kier molecular flexibility index (Phi) is 1.08. The van der Waals surface area contributed by atoms with Crippen molar-refractivity contribution in [3.8, 4) is 0 Å². The van der Waals surface area contributed by atoms with Crippen LogP contribution in [0.3, 0.4) is 0 Å². The van der Waals surface area contributed by atoms with E-state index in [2.05, 4.69) is 7.05 Å². The second kappa shape index (κ2) is 1.58. The van der Waals surface area contributed by atoms with Crippen molar-refractivity contribution in [2.75, 3.05) is 19.9 Å². The molecule has 0 unspecified atom stereocenters. The minimum Gasteiger partial charge on any atom is -0.365 e. The molecule has 0 spiro atoms. The van der Waals surface area contributed by atoms with Crippen molar-refractivity contribution in [2.45, 2.75) is 0 Å². The summed E-state index contributed by atoms with van der Waals surface area (Å²) >= 11 is 0. The third kappa shape index (κ3) is 0.698. The summed E-state index contributed by atoms with van der Waals surface area (Å²) in [5.41, 5.74) is 0. The van der Waals surface area contributed by atoms with Crippen LogP contribution in [0.5, 0.6) is 0 Å². The van der Waals surface area contributed by atoms with Crippen LogP contribution in [0.15, 0.2) is 0 Å². The Balaban J connectivity index is 2.18. The molecule has 6 heavy (non-hydrogen) atoms. The van der Waals surface area contributed by atoms with Gasteiger partial charge in [-0.3, -0.25) is 4.90 Å². The lowest BCUT2D eigenvalue weighted by molar-refractivity contribution is 0.161. The van der Waals surface area contributed by atoms with Crippen molar-refractivity contribution in [1.82, 2.24) is 4.90 Å². The molecule has 0 aromatic rings. The fraction of sp³-hybridized carbons (Fsp3) is 0.750. The van der Waals surface area contributed by atoms with E-state index in [4.69, 9.17) is 4.74 Å². The maximum atomic E-state index is 4.92. The zero-order valence-corrected chi connectivity index (χ0v) is 3.68. The molecule has 0 saturated carbocycles. The molecule has 1 aliphatic heterocycles. The van der Waals surface area contributed by atoms with Crippen LogP contribution in [0.25, 0.3) is 0 Å². The van der Waals surface area contributed by atoms with Crippen molar-refractivity contribution >= 4 is 0 Å². The van der Waals surface area contributed by atoms with Gasteiger partial charge in [-0.1, -0.05) is 0 Å². The van der Waals surface area contributed by atoms with Crippen molar-refractivity contribution in [3.05, 3.63) is 7.05 Å². The summed E-state index contributed by atoms with van der Waals surface area (Å²) in [5, 5.41) is 0. The standard InChI is InChI=1S/C4H8NO/c1-5-2-3-6-4-5/h1-4H2. The first-order valence-electron chi connectivity index (χ1n) is 2.03. The van der Waals surface area contributed by atoms with Crippen LogP contribution < -0.4 is 0 Å². The fourth-order valence-electron chi connectivity index (χ4n) is 0.452. The molecule has 1 aliphatic rings. The highest BCUT2D eigenvalue weighted by molar-refractivity contribution is 4.53. The lowest BCUT2D eigenvalue weighted by Crippen LogP contribution is -2.08. The van der Waals surface area contributed by atoms with Crippen molar-refractivity contribution in [1.29, 1.82) is 0 Å². The monoisotopic (exact) mass is 86.1 g/mol. The number of hydrogen-bond donors (Lipinski definition) is 0. The third-order valence-electron chi connectivity index (χ3n) is 0.826. The highest BCUT2D eigenvalue weighted by Gasteiger charge is 2.03. The second-order valence-electron chi connectivity index (χ2n) is 1.43. The summed E-state index contributed by atoms with van der Waals surface area (Å²) in [6, 6.07) is 0. The van der Waals surface area contributed by atoms with Crippen LogP contribution in [-0.2, 0) is 4.74 Å². The number of hydrogen-bond acceptors (Lipinski definition) is 2. The fourth-order valence-corrected chi connectivity index (χ4v) is 0.452. The highest BCUT2D eigenvalue weighted by Crippen LogP contribution is 1.92. The Morgan fingerprint density at radius 2 is 2.50 bits per heavy atom. The second-order valence-corrected chi connectivity index (χ2v) is 1.43. The van der Waals surface area contributed by atoms with Gasteiger partial charge in [0.05, 0.1) is 13.3 Å². The SMILES string of the molecule is [CH2]N1CCOC1. The van der Waals surface area contributed by atoms with Gasteiger partial charge in [0.1, 0.15) is 0 Å². The quantitative estimate of drug-likeness (QED) is 0.413. The lowest BCUT2D eigenvalue weighted by atomic mass is 10.7. The predicted octanol–water partition coefficient (Wildman–Crippen LogP) is 0.0677. The molecule has 0 aromatic heterocycles. The normalized spacial score (nSPS) is 25.5. The molecule has 0 atom stereocenters. The minimum atomic E-state index is 0.708. The molecule has 1 fully saturated rings. The molecule has 1 radical (unpaired) electrons. The zero-order valence-electron chi connectivity index (χ0n) is 3.68. The van der Waals surface area contributed by atoms with E-state index in [1.165, 1.54) is 0 Å². The first-order valence-corrected chi connectivity index (χ1v) is 2.03. The van der Waals surface area contributed by atoms with Crippen LogP contribution in [0.1, 0.15) is 0 Å². The molecule has 2 heteroatoms. The molecule has 0 bridgehead atoms. The van der Waals surface area contributed by atoms with Crippen LogP contribution >= 0.6 is 0 Å². The van der Waals surface area contributed by atoms with E-state index < -0.39 is 0 Å². The van der Waals surface area contributed by atoms with Crippen molar-refractivity contribution < 1.29 is 4.74 Å². The van der Waals surface area contributed by atoms with Gasteiger partial charge >= 0.3 is 0 Å². The molecule has 2 nitrogen and oxygen atoms in total. The van der Waals surface area contributed by atoms with Gasteiger partial charge in [0.15, 0.2) is 0 Å². The molecule has 0 aromatic carbocycles. The van der Waals surface area contributed by atoms with Crippen LogP contribution in [0.4, 0.5) is 0 Å². The molecular formula is C4H8NO.